The fraction of sp³-hybridized carbons (Fsp3) is 0.312. The van der Waals surface area contributed by atoms with E-state index in [1.54, 1.807) is 7.11 Å². The molecule has 8 heteroatoms. The predicted octanol–water partition coefficient (Wildman–Crippen LogP) is 7.19. The molecule has 0 spiro atoms. The number of pyridine rings is 1. The van der Waals surface area contributed by atoms with Crippen molar-refractivity contribution in [2.45, 2.75) is 32.4 Å². The fourth-order valence-electron chi connectivity index (χ4n) is 6.31. The molecule has 2 aromatic carbocycles. The summed E-state index contributed by atoms with van der Waals surface area (Å²) in [5.74, 6) is 2.11. The van der Waals surface area contributed by atoms with Crippen LogP contribution in [0.15, 0.2) is 85.2 Å². The van der Waals surface area contributed by atoms with Crippen LogP contribution in [0.3, 0.4) is 0 Å². The summed E-state index contributed by atoms with van der Waals surface area (Å²) in [4.78, 5) is 9.31. The van der Waals surface area contributed by atoms with Crippen molar-refractivity contribution in [3.05, 3.63) is 102 Å². The number of anilines is 2. The molecular weight excluding hydrogens is 538 g/mol. The number of nitrogens with one attached hydrogen (secondary N) is 1. The van der Waals surface area contributed by atoms with Gasteiger partial charge in [0.1, 0.15) is 11.8 Å². The largest absolute Gasteiger partial charge is 0.497 e. The van der Waals surface area contributed by atoms with E-state index in [9.17, 15) is 0 Å². The molecule has 4 heterocycles. The second-order valence-corrected chi connectivity index (χ2v) is 11.8. The van der Waals surface area contributed by atoms with E-state index >= 15 is 0 Å². The maximum atomic E-state index is 7.00. The van der Waals surface area contributed by atoms with Crippen LogP contribution >= 0.6 is 23.8 Å². The number of ether oxygens (including phenoxy) is 1. The highest BCUT2D eigenvalue weighted by molar-refractivity contribution is 7.80. The van der Waals surface area contributed by atoms with E-state index in [1.165, 1.54) is 6.42 Å². The third kappa shape index (κ3) is 5.04. The SMILES string of the molecule is COc1ccc(-n2cccc2[C@@H]2[C@H](c3ccccn3)NC(=S)N2c2ccc(N3C[C@H](C)C[C@H](C)C3)c(Cl)c2)cc1. The van der Waals surface area contributed by atoms with Crippen molar-refractivity contribution in [2.24, 2.45) is 11.8 Å². The van der Waals surface area contributed by atoms with Gasteiger partial charge in [0, 0.05) is 42.6 Å². The van der Waals surface area contributed by atoms with Crippen LogP contribution in [0.2, 0.25) is 5.02 Å². The normalized spacial score (nSPS) is 22.9. The third-order valence-electron chi connectivity index (χ3n) is 7.95. The zero-order chi connectivity index (χ0) is 27.8. The Morgan fingerprint density at radius 2 is 1.70 bits per heavy atom. The summed E-state index contributed by atoms with van der Waals surface area (Å²) in [6.45, 7) is 6.68. The number of benzene rings is 2. The summed E-state index contributed by atoms with van der Waals surface area (Å²) in [6.07, 6.45) is 5.17. The van der Waals surface area contributed by atoms with Gasteiger partial charge in [-0.1, -0.05) is 31.5 Å². The minimum atomic E-state index is -0.156. The number of hydrogen-bond acceptors (Lipinski definition) is 4. The maximum Gasteiger partial charge on any atom is 0.174 e. The van der Waals surface area contributed by atoms with E-state index < -0.39 is 0 Å². The van der Waals surface area contributed by atoms with E-state index in [1.807, 2.05) is 36.5 Å². The Morgan fingerprint density at radius 3 is 2.38 bits per heavy atom. The highest BCUT2D eigenvalue weighted by Crippen LogP contribution is 2.44. The van der Waals surface area contributed by atoms with Crippen LogP contribution in [0.1, 0.15) is 43.7 Å². The zero-order valence-electron chi connectivity index (χ0n) is 23.0. The molecule has 4 atom stereocenters. The van der Waals surface area contributed by atoms with Crippen molar-refractivity contribution >= 4 is 40.3 Å². The second-order valence-electron chi connectivity index (χ2n) is 11.0. The number of methoxy groups -OCH3 is 1. The number of rotatable bonds is 6. The van der Waals surface area contributed by atoms with Gasteiger partial charge in [0.2, 0.25) is 0 Å². The van der Waals surface area contributed by atoms with Crippen LogP contribution in [-0.2, 0) is 0 Å². The molecule has 0 amide bonds. The molecule has 2 aliphatic heterocycles. The van der Waals surface area contributed by atoms with Crippen LogP contribution in [-0.4, -0.2) is 34.9 Å². The molecule has 6 nitrogen and oxygen atoms in total. The summed E-state index contributed by atoms with van der Waals surface area (Å²) in [5, 5.41) is 4.96. The Morgan fingerprint density at radius 1 is 0.950 bits per heavy atom. The quantitative estimate of drug-likeness (QED) is 0.247. The first-order valence-corrected chi connectivity index (χ1v) is 14.6. The molecule has 2 fully saturated rings. The number of nitrogens with zero attached hydrogens (tertiary/aromatic N) is 4. The number of piperidine rings is 1. The molecule has 2 aromatic heterocycles. The lowest BCUT2D eigenvalue weighted by molar-refractivity contribution is 0.357. The number of thiocarbonyl (C=S) groups is 1. The van der Waals surface area contributed by atoms with Gasteiger partial charge in [0.25, 0.3) is 0 Å². The van der Waals surface area contributed by atoms with Crippen LogP contribution in [0, 0.1) is 11.8 Å². The molecule has 0 aliphatic carbocycles. The summed E-state index contributed by atoms with van der Waals surface area (Å²) in [6, 6.07) is 24.4. The Labute approximate surface area is 246 Å². The third-order valence-corrected chi connectivity index (χ3v) is 8.57. The molecule has 4 aromatic rings. The summed E-state index contributed by atoms with van der Waals surface area (Å²) < 4.78 is 7.59. The molecule has 2 aliphatic rings. The van der Waals surface area contributed by atoms with Gasteiger partial charge < -0.3 is 24.4 Å². The molecule has 0 radical (unpaired) electrons. The lowest BCUT2D eigenvalue weighted by atomic mass is 9.91. The Kier molecular flexibility index (Phi) is 7.43. The Hall–Kier alpha value is -3.55. The van der Waals surface area contributed by atoms with Gasteiger partial charge in [-0.2, -0.15) is 0 Å². The molecule has 6 rings (SSSR count). The first-order chi connectivity index (χ1) is 19.4. The monoisotopic (exact) mass is 571 g/mol. The molecule has 0 unspecified atom stereocenters. The van der Waals surface area contributed by atoms with Crippen molar-refractivity contribution in [3.8, 4) is 11.4 Å². The molecule has 0 saturated carbocycles. The van der Waals surface area contributed by atoms with Crippen molar-refractivity contribution in [1.82, 2.24) is 14.9 Å². The second kappa shape index (κ2) is 11.1. The molecule has 2 saturated heterocycles. The van der Waals surface area contributed by atoms with Gasteiger partial charge in [0.15, 0.2) is 5.11 Å². The van der Waals surface area contributed by atoms with Crippen molar-refractivity contribution in [2.75, 3.05) is 30.0 Å². The van der Waals surface area contributed by atoms with E-state index in [4.69, 9.17) is 33.5 Å². The van der Waals surface area contributed by atoms with Crippen molar-refractivity contribution in [1.29, 1.82) is 0 Å². The highest BCUT2D eigenvalue weighted by Gasteiger charge is 2.42. The number of halogens is 1. The molecule has 1 N–H and O–H groups in total. The highest BCUT2D eigenvalue weighted by atomic mass is 35.5. The van der Waals surface area contributed by atoms with Gasteiger partial charge in [0.05, 0.1) is 29.6 Å². The Balaban J connectivity index is 1.41. The molecule has 40 heavy (non-hydrogen) atoms. The molecular formula is C32H34ClN5OS. The number of hydrogen-bond donors (Lipinski definition) is 1. The van der Waals surface area contributed by atoms with E-state index in [0.29, 0.717) is 16.9 Å². The average molecular weight is 572 g/mol. The van der Waals surface area contributed by atoms with Gasteiger partial charge in [-0.25, -0.2) is 0 Å². The van der Waals surface area contributed by atoms with Crippen LogP contribution in [0.25, 0.3) is 5.69 Å². The topological polar surface area (TPSA) is 45.6 Å². The maximum absolute atomic E-state index is 7.00. The predicted molar refractivity (Wildman–Crippen MR) is 167 cm³/mol. The standard InChI is InChI=1S/C32H34ClN5OS/c1-21-17-22(2)20-36(19-21)28-14-11-24(18-26(28)33)38-31(30(35-32(38)40)27-7-4-5-15-34-27)29-8-6-16-37(29)23-9-12-25(39-3)13-10-23/h4-16,18,21-22,30-31H,17,19-20H2,1-3H3,(H,35,40)/t21-,22+,30-,31+/m0/s1. The summed E-state index contributed by atoms with van der Waals surface area (Å²) in [7, 11) is 1.68. The lowest BCUT2D eigenvalue weighted by Gasteiger charge is -2.37. The number of aromatic nitrogens is 2. The minimum absolute atomic E-state index is 0.150. The van der Waals surface area contributed by atoms with Gasteiger partial charge in [-0.3, -0.25) is 4.98 Å². The summed E-state index contributed by atoms with van der Waals surface area (Å²) in [5.41, 5.74) is 5.10. The van der Waals surface area contributed by atoms with Crippen LogP contribution in [0.5, 0.6) is 5.75 Å². The van der Waals surface area contributed by atoms with E-state index in [2.05, 4.69) is 82.2 Å². The first-order valence-electron chi connectivity index (χ1n) is 13.8. The van der Waals surface area contributed by atoms with Gasteiger partial charge in [-0.15, -0.1) is 0 Å². The van der Waals surface area contributed by atoms with Crippen LogP contribution in [0.4, 0.5) is 11.4 Å². The molecule has 0 bridgehead atoms. The van der Waals surface area contributed by atoms with E-state index in [0.717, 1.165) is 52.3 Å². The van der Waals surface area contributed by atoms with Crippen molar-refractivity contribution in [3.63, 3.8) is 0 Å². The van der Waals surface area contributed by atoms with Gasteiger partial charge >= 0.3 is 0 Å². The van der Waals surface area contributed by atoms with Crippen LogP contribution < -0.4 is 19.9 Å². The average Bonchev–Trinajstić information content (AvgIpc) is 3.57. The smallest absolute Gasteiger partial charge is 0.174 e. The fourth-order valence-corrected chi connectivity index (χ4v) is 6.95. The first kappa shape index (κ1) is 26.7. The Bertz CT molecular complexity index is 1480. The van der Waals surface area contributed by atoms with Crippen molar-refractivity contribution < 1.29 is 4.74 Å². The van der Waals surface area contributed by atoms with Gasteiger partial charge in [-0.05, 0) is 97.2 Å². The minimum Gasteiger partial charge on any atom is -0.497 e. The summed E-state index contributed by atoms with van der Waals surface area (Å²) >= 11 is 13.0. The molecule has 206 valence electrons. The van der Waals surface area contributed by atoms with E-state index in [-0.39, 0.29) is 12.1 Å². The lowest BCUT2D eigenvalue weighted by Crippen LogP contribution is -2.38. The zero-order valence-corrected chi connectivity index (χ0v) is 24.6.